The summed E-state index contributed by atoms with van der Waals surface area (Å²) in [5.41, 5.74) is 6.92. The highest BCUT2D eigenvalue weighted by Gasteiger charge is 2.22. The molecule has 0 radical (unpaired) electrons. The molecule has 4 heteroatoms. The lowest BCUT2D eigenvalue weighted by molar-refractivity contribution is 0.249. The van der Waals surface area contributed by atoms with Gasteiger partial charge in [-0.2, -0.15) is 0 Å². The first kappa shape index (κ1) is 10.4. The molecule has 0 bridgehead atoms. The minimum Gasteiger partial charge on any atom is -0.493 e. The Hall–Kier alpha value is -1.13. The van der Waals surface area contributed by atoms with E-state index in [2.05, 4.69) is 0 Å². The number of fused-ring (bicyclic) bond motifs is 1. The van der Waals surface area contributed by atoms with E-state index in [1.54, 1.807) is 6.07 Å². The van der Waals surface area contributed by atoms with Crippen LogP contribution in [0.1, 0.15) is 23.6 Å². The van der Waals surface area contributed by atoms with Crippen molar-refractivity contribution in [3.8, 4) is 5.75 Å². The lowest BCUT2D eigenvalue weighted by Gasteiger charge is -2.23. The first-order chi connectivity index (χ1) is 7.24. The summed E-state index contributed by atoms with van der Waals surface area (Å²) in [6.45, 7) is 0.304. The molecule has 1 unspecified atom stereocenters. The van der Waals surface area contributed by atoms with Crippen molar-refractivity contribution in [3.05, 3.63) is 29.1 Å². The van der Waals surface area contributed by atoms with Crippen molar-refractivity contribution < 1.29 is 14.2 Å². The molecule has 0 saturated carbocycles. The lowest BCUT2D eigenvalue weighted by atomic mass is 9.98. The van der Waals surface area contributed by atoms with Crippen LogP contribution in [-0.2, 0) is 6.42 Å². The molecular formula is C11H14FNO2. The second-order valence-electron chi connectivity index (χ2n) is 3.69. The highest BCUT2D eigenvalue weighted by Crippen LogP contribution is 2.33. The third kappa shape index (κ3) is 1.82. The van der Waals surface area contributed by atoms with E-state index in [0.29, 0.717) is 17.9 Å². The Morgan fingerprint density at radius 2 is 2.33 bits per heavy atom. The molecular weight excluding hydrogens is 197 g/mol. The summed E-state index contributed by atoms with van der Waals surface area (Å²) in [5, 5.41) is 8.97. The van der Waals surface area contributed by atoms with Gasteiger partial charge < -0.3 is 15.6 Å². The highest BCUT2D eigenvalue weighted by molar-refractivity contribution is 5.45. The number of halogens is 1. The van der Waals surface area contributed by atoms with Crippen molar-refractivity contribution in [1.82, 2.24) is 0 Å². The Morgan fingerprint density at radius 1 is 1.53 bits per heavy atom. The van der Waals surface area contributed by atoms with Gasteiger partial charge in [0.15, 0.2) is 0 Å². The summed E-state index contributed by atoms with van der Waals surface area (Å²) >= 11 is 0. The first-order valence-corrected chi connectivity index (χ1v) is 5.04. The van der Waals surface area contributed by atoms with Crippen LogP contribution in [0.4, 0.5) is 4.39 Å². The van der Waals surface area contributed by atoms with Crippen LogP contribution in [0.15, 0.2) is 12.1 Å². The molecule has 0 spiro atoms. The standard InChI is InChI=1S/C11H14FNO2/c12-8-4-3-7-2-1-5-15-11(7)10(8)9(13)6-14/h3-4,9,14H,1-2,5-6,13H2. The van der Waals surface area contributed by atoms with Crippen LogP contribution >= 0.6 is 0 Å². The summed E-state index contributed by atoms with van der Waals surface area (Å²) in [7, 11) is 0. The Balaban J connectivity index is 2.50. The molecule has 0 fully saturated rings. The summed E-state index contributed by atoms with van der Waals surface area (Å²) in [4.78, 5) is 0. The van der Waals surface area contributed by atoms with E-state index >= 15 is 0 Å². The van der Waals surface area contributed by atoms with Gasteiger partial charge in [-0.05, 0) is 24.5 Å². The second kappa shape index (κ2) is 4.16. The Labute approximate surface area is 87.7 Å². The number of benzene rings is 1. The molecule has 1 aromatic rings. The van der Waals surface area contributed by atoms with Gasteiger partial charge in [0, 0.05) is 5.56 Å². The highest BCUT2D eigenvalue weighted by atomic mass is 19.1. The zero-order valence-electron chi connectivity index (χ0n) is 8.37. The maximum absolute atomic E-state index is 13.5. The van der Waals surface area contributed by atoms with Crippen molar-refractivity contribution >= 4 is 0 Å². The predicted octanol–water partition coefficient (Wildman–Crippen LogP) is 1.14. The molecule has 3 nitrogen and oxygen atoms in total. The molecule has 1 aromatic carbocycles. The fourth-order valence-electron chi connectivity index (χ4n) is 1.86. The predicted molar refractivity (Wildman–Crippen MR) is 54.2 cm³/mol. The number of nitrogens with two attached hydrogens (primary N) is 1. The molecule has 15 heavy (non-hydrogen) atoms. The normalized spacial score (nSPS) is 16.7. The van der Waals surface area contributed by atoms with Gasteiger partial charge >= 0.3 is 0 Å². The summed E-state index contributed by atoms with van der Waals surface area (Å²) in [5.74, 6) is 0.125. The van der Waals surface area contributed by atoms with Crippen LogP contribution in [0, 0.1) is 5.82 Å². The molecule has 1 aliphatic heterocycles. The average Bonchev–Trinajstić information content (AvgIpc) is 2.28. The van der Waals surface area contributed by atoms with Crippen molar-refractivity contribution in [3.63, 3.8) is 0 Å². The third-order valence-electron chi connectivity index (χ3n) is 2.63. The number of hydrogen-bond donors (Lipinski definition) is 2. The summed E-state index contributed by atoms with van der Waals surface area (Å²) < 4.78 is 19.0. The van der Waals surface area contributed by atoms with Crippen molar-refractivity contribution in [2.45, 2.75) is 18.9 Å². The van der Waals surface area contributed by atoms with Crippen LogP contribution in [0.25, 0.3) is 0 Å². The maximum Gasteiger partial charge on any atom is 0.131 e. The topological polar surface area (TPSA) is 55.5 Å². The number of hydrogen-bond acceptors (Lipinski definition) is 3. The number of rotatable bonds is 2. The largest absolute Gasteiger partial charge is 0.493 e. The van der Waals surface area contributed by atoms with Gasteiger partial charge in [0.2, 0.25) is 0 Å². The SMILES string of the molecule is NC(CO)c1c(F)ccc2c1OCCC2. The minimum atomic E-state index is -0.710. The van der Waals surface area contributed by atoms with E-state index in [4.69, 9.17) is 15.6 Å². The second-order valence-corrected chi connectivity index (χ2v) is 3.69. The lowest BCUT2D eigenvalue weighted by Crippen LogP contribution is -2.20. The quantitative estimate of drug-likeness (QED) is 0.771. The van der Waals surface area contributed by atoms with Crippen LogP contribution in [0.2, 0.25) is 0 Å². The molecule has 1 aliphatic rings. The van der Waals surface area contributed by atoms with Crippen LogP contribution in [0.5, 0.6) is 5.75 Å². The number of aliphatic hydroxyl groups is 1. The minimum absolute atomic E-state index is 0.281. The molecule has 2 rings (SSSR count). The van der Waals surface area contributed by atoms with E-state index in [0.717, 1.165) is 18.4 Å². The van der Waals surface area contributed by atoms with Gasteiger partial charge in [0.1, 0.15) is 11.6 Å². The fourth-order valence-corrected chi connectivity index (χ4v) is 1.86. The average molecular weight is 211 g/mol. The monoisotopic (exact) mass is 211 g/mol. The number of aliphatic hydroxyl groups excluding tert-OH is 1. The van der Waals surface area contributed by atoms with Gasteiger partial charge in [-0.1, -0.05) is 6.07 Å². The summed E-state index contributed by atoms with van der Waals surface area (Å²) in [6, 6.07) is 2.40. The van der Waals surface area contributed by atoms with Crippen LogP contribution in [-0.4, -0.2) is 18.3 Å². The molecule has 0 aliphatic carbocycles. The van der Waals surface area contributed by atoms with E-state index < -0.39 is 11.9 Å². The first-order valence-electron chi connectivity index (χ1n) is 5.04. The van der Waals surface area contributed by atoms with E-state index in [1.807, 2.05) is 0 Å². The fraction of sp³-hybridized carbons (Fsp3) is 0.455. The summed E-state index contributed by atoms with van der Waals surface area (Å²) in [6.07, 6.45) is 1.81. The van der Waals surface area contributed by atoms with Gasteiger partial charge in [0.05, 0.1) is 19.3 Å². The van der Waals surface area contributed by atoms with E-state index in [9.17, 15) is 4.39 Å². The van der Waals surface area contributed by atoms with Gasteiger partial charge in [0.25, 0.3) is 0 Å². The molecule has 0 aromatic heterocycles. The zero-order valence-corrected chi connectivity index (χ0v) is 8.37. The van der Waals surface area contributed by atoms with Gasteiger partial charge in [-0.25, -0.2) is 4.39 Å². The Kier molecular flexibility index (Phi) is 2.88. The Morgan fingerprint density at radius 3 is 3.07 bits per heavy atom. The third-order valence-corrected chi connectivity index (χ3v) is 2.63. The van der Waals surface area contributed by atoms with Crippen LogP contribution in [0.3, 0.4) is 0 Å². The molecule has 0 saturated heterocycles. The van der Waals surface area contributed by atoms with E-state index in [-0.39, 0.29) is 6.61 Å². The smallest absolute Gasteiger partial charge is 0.131 e. The van der Waals surface area contributed by atoms with Crippen molar-refractivity contribution in [2.24, 2.45) is 5.73 Å². The Bertz CT molecular complexity index is 368. The van der Waals surface area contributed by atoms with Gasteiger partial charge in [-0.3, -0.25) is 0 Å². The van der Waals surface area contributed by atoms with Crippen molar-refractivity contribution in [1.29, 1.82) is 0 Å². The number of ether oxygens (including phenoxy) is 1. The molecule has 0 amide bonds. The molecule has 3 N–H and O–H groups in total. The maximum atomic E-state index is 13.5. The molecule has 1 atom stereocenters. The van der Waals surface area contributed by atoms with Gasteiger partial charge in [-0.15, -0.1) is 0 Å². The zero-order chi connectivity index (χ0) is 10.8. The molecule has 82 valence electrons. The van der Waals surface area contributed by atoms with Crippen LogP contribution < -0.4 is 10.5 Å². The van der Waals surface area contributed by atoms with E-state index in [1.165, 1.54) is 6.07 Å². The number of aryl methyl sites for hydroxylation is 1. The molecule has 1 heterocycles. The van der Waals surface area contributed by atoms with Crippen molar-refractivity contribution in [2.75, 3.05) is 13.2 Å².